The summed E-state index contributed by atoms with van der Waals surface area (Å²) < 4.78 is 15.5. The second kappa shape index (κ2) is 8.17. The SMILES string of the molecule is Cc1ccc(-n2c(SCc3cccc(F)c3)nnc2-c2cccc(Cl)c2)cc1. The first-order valence-corrected chi connectivity index (χ1v) is 10.1. The standard InChI is InChI=1S/C22H17ClFN3S/c1-15-8-10-20(11-9-15)27-21(17-5-3-6-18(23)13-17)25-26-22(27)28-14-16-4-2-7-19(24)12-16/h2-13H,14H2,1H3. The third-order valence-electron chi connectivity index (χ3n) is 4.27. The lowest BCUT2D eigenvalue weighted by molar-refractivity contribution is 0.626. The lowest BCUT2D eigenvalue weighted by atomic mass is 10.2. The molecule has 0 amide bonds. The van der Waals surface area contributed by atoms with Gasteiger partial charge in [0.1, 0.15) is 5.82 Å². The minimum Gasteiger partial charge on any atom is -0.270 e. The fourth-order valence-electron chi connectivity index (χ4n) is 2.88. The van der Waals surface area contributed by atoms with Gasteiger partial charge in [0.15, 0.2) is 11.0 Å². The van der Waals surface area contributed by atoms with E-state index in [4.69, 9.17) is 11.6 Å². The van der Waals surface area contributed by atoms with Crippen molar-refractivity contribution in [2.45, 2.75) is 17.8 Å². The molecule has 0 spiro atoms. The zero-order valence-corrected chi connectivity index (χ0v) is 16.7. The lowest BCUT2D eigenvalue weighted by Crippen LogP contribution is -2.00. The molecule has 0 aliphatic heterocycles. The van der Waals surface area contributed by atoms with Crippen LogP contribution in [0.3, 0.4) is 0 Å². The first kappa shape index (κ1) is 18.7. The van der Waals surface area contributed by atoms with Crippen LogP contribution in [0, 0.1) is 12.7 Å². The molecule has 4 rings (SSSR count). The van der Waals surface area contributed by atoms with E-state index in [0.717, 1.165) is 22.0 Å². The molecule has 140 valence electrons. The van der Waals surface area contributed by atoms with Crippen molar-refractivity contribution in [3.8, 4) is 17.1 Å². The Bertz CT molecular complexity index is 1110. The molecule has 0 saturated heterocycles. The zero-order chi connectivity index (χ0) is 19.5. The van der Waals surface area contributed by atoms with E-state index in [9.17, 15) is 4.39 Å². The maximum Gasteiger partial charge on any atom is 0.196 e. The molecule has 0 atom stereocenters. The molecule has 0 fully saturated rings. The summed E-state index contributed by atoms with van der Waals surface area (Å²) in [6, 6.07) is 22.3. The van der Waals surface area contributed by atoms with Crippen LogP contribution < -0.4 is 0 Å². The number of rotatable bonds is 5. The molecule has 4 aromatic rings. The highest BCUT2D eigenvalue weighted by atomic mass is 35.5. The maximum atomic E-state index is 13.5. The van der Waals surface area contributed by atoms with E-state index in [1.165, 1.54) is 29.5 Å². The van der Waals surface area contributed by atoms with Gasteiger partial charge < -0.3 is 0 Å². The average Bonchev–Trinajstić information content (AvgIpc) is 3.11. The van der Waals surface area contributed by atoms with Gasteiger partial charge in [0.25, 0.3) is 0 Å². The molecule has 0 N–H and O–H groups in total. The normalized spacial score (nSPS) is 11.0. The number of halogens is 2. The van der Waals surface area contributed by atoms with E-state index in [1.54, 1.807) is 6.07 Å². The quantitative estimate of drug-likeness (QED) is 0.361. The zero-order valence-electron chi connectivity index (χ0n) is 15.1. The first-order chi connectivity index (χ1) is 13.6. The minimum atomic E-state index is -0.238. The molecular weight excluding hydrogens is 393 g/mol. The summed E-state index contributed by atoms with van der Waals surface area (Å²) in [6.07, 6.45) is 0. The van der Waals surface area contributed by atoms with Gasteiger partial charge in [-0.05, 0) is 48.9 Å². The highest BCUT2D eigenvalue weighted by Gasteiger charge is 2.16. The van der Waals surface area contributed by atoms with E-state index < -0.39 is 0 Å². The number of hydrogen-bond acceptors (Lipinski definition) is 3. The first-order valence-electron chi connectivity index (χ1n) is 8.76. The summed E-state index contributed by atoms with van der Waals surface area (Å²) in [5.41, 5.74) is 3.92. The monoisotopic (exact) mass is 409 g/mol. The molecule has 0 aliphatic carbocycles. The van der Waals surface area contributed by atoms with E-state index >= 15 is 0 Å². The largest absolute Gasteiger partial charge is 0.270 e. The summed E-state index contributed by atoms with van der Waals surface area (Å²) in [5.74, 6) is 1.07. The van der Waals surface area contributed by atoms with E-state index in [2.05, 4.69) is 22.3 Å². The van der Waals surface area contributed by atoms with Gasteiger partial charge >= 0.3 is 0 Å². The maximum absolute atomic E-state index is 13.5. The Morgan fingerprint density at radius 1 is 0.964 bits per heavy atom. The van der Waals surface area contributed by atoms with Gasteiger partial charge in [-0.1, -0.05) is 65.3 Å². The molecule has 0 saturated carbocycles. The summed E-state index contributed by atoms with van der Waals surface area (Å²) in [7, 11) is 0. The fourth-order valence-corrected chi connectivity index (χ4v) is 3.96. The molecule has 28 heavy (non-hydrogen) atoms. The van der Waals surface area contributed by atoms with Gasteiger partial charge in [-0.3, -0.25) is 4.57 Å². The van der Waals surface area contributed by atoms with Crippen molar-refractivity contribution in [2.75, 3.05) is 0 Å². The third-order valence-corrected chi connectivity index (χ3v) is 5.50. The molecule has 0 radical (unpaired) electrons. The topological polar surface area (TPSA) is 30.7 Å². The molecule has 3 aromatic carbocycles. The molecule has 0 aliphatic rings. The van der Waals surface area contributed by atoms with Gasteiger partial charge in [0.2, 0.25) is 0 Å². The molecule has 1 heterocycles. The Balaban J connectivity index is 1.74. The number of hydrogen-bond donors (Lipinski definition) is 0. The summed E-state index contributed by atoms with van der Waals surface area (Å²) in [6.45, 7) is 2.05. The van der Waals surface area contributed by atoms with E-state index in [1.807, 2.05) is 54.0 Å². The smallest absolute Gasteiger partial charge is 0.196 e. The number of benzene rings is 3. The Morgan fingerprint density at radius 3 is 2.50 bits per heavy atom. The van der Waals surface area contributed by atoms with Gasteiger partial charge in [-0.2, -0.15) is 0 Å². The summed E-state index contributed by atoms with van der Waals surface area (Å²) in [4.78, 5) is 0. The Labute approximate surface area is 172 Å². The van der Waals surface area contributed by atoms with Crippen molar-refractivity contribution >= 4 is 23.4 Å². The van der Waals surface area contributed by atoms with Crippen LogP contribution in [0.15, 0.2) is 78.0 Å². The van der Waals surface area contributed by atoms with Crippen LogP contribution in [-0.4, -0.2) is 14.8 Å². The van der Waals surface area contributed by atoms with Crippen molar-refractivity contribution in [1.82, 2.24) is 14.8 Å². The highest BCUT2D eigenvalue weighted by molar-refractivity contribution is 7.98. The van der Waals surface area contributed by atoms with Crippen LogP contribution >= 0.6 is 23.4 Å². The number of aromatic nitrogens is 3. The van der Waals surface area contributed by atoms with Crippen molar-refractivity contribution < 1.29 is 4.39 Å². The van der Waals surface area contributed by atoms with Gasteiger partial charge in [-0.25, -0.2) is 4.39 Å². The van der Waals surface area contributed by atoms with Crippen LogP contribution in [0.1, 0.15) is 11.1 Å². The van der Waals surface area contributed by atoms with Crippen molar-refractivity contribution in [3.05, 3.63) is 94.8 Å². The van der Waals surface area contributed by atoms with Crippen LogP contribution in [0.2, 0.25) is 5.02 Å². The number of aryl methyl sites for hydroxylation is 1. The van der Waals surface area contributed by atoms with Crippen LogP contribution in [0.4, 0.5) is 4.39 Å². The van der Waals surface area contributed by atoms with Crippen molar-refractivity contribution in [3.63, 3.8) is 0 Å². The van der Waals surface area contributed by atoms with E-state index in [0.29, 0.717) is 16.6 Å². The molecule has 1 aromatic heterocycles. The second-order valence-corrected chi connectivity index (χ2v) is 7.79. The van der Waals surface area contributed by atoms with Crippen LogP contribution in [0.25, 0.3) is 17.1 Å². The Hall–Kier alpha value is -2.63. The highest BCUT2D eigenvalue weighted by Crippen LogP contribution is 2.31. The summed E-state index contributed by atoms with van der Waals surface area (Å²) in [5, 5.41) is 10.2. The van der Waals surface area contributed by atoms with Crippen molar-refractivity contribution in [1.29, 1.82) is 0 Å². The number of nitrogens with zero attached hydrogens (tertiary/aromatic N) is 3. The number of thioether (sulfide) groups is 1. The van der Waals surface area contributed by atoms with Crippen LogP contribution in [-0.2, 0) is 5.75 Å². The van der Waals surface area contributed by atoms with Crippen LogP contribution in [0.5, 0.6) is 0 Å². The molecular formula is C22H17ClFN3S. The molecule has 0 unspecified atom stereocenters. The lowest BCUT2D eigenvalue weighted by Gasteiger charge is -2.11. The molecule has 3 nitrogen and oxygen atoms in total. The van der Waals surface area contributed by atoms with Gasteiger partial charge in [0.05, 0.1) is 0 Å². The molecule has 6 heteroatoms. The predicted octanol–water partition coefficient (Wildman–Crippen LogP) is 6.33. The molecule has 0 bridgehead atoms. The average molecular weight is 410 g/mol. The Morgan fingerprint density at radius 2 is 1.75 bits per heavy atom. The third kappa shape index (κ3) is 4.11. The van der Waals surface area contributed by atoms with Gasteiger partial charge in [0, 0.05) is 22.0 Å². The van der Waals surface area contributed by atoms with Crippen molar-refractivity contribution in [2.24, 2.45) is 0 Å². The predicted molar refractivity (Wildman–Crippen MR) is 113 cm³/mol. The Kier molecular flexibility index (Phi) is 5.46. The fraction of sp³-hybridized carbons (Fsp3) is 0.0909. The second-order valence-electron chi connectivity index (χ2n) is 6.41. The van der Waals surface area contributed by atoms with Gasteiger partial charge in [-0.15, -0.1) is 10.2 Å². The summed E-state index contributed by atoms with van der Waals surface area (Å²) >= 11 is 7.70. The minimum absolute atomic E-state index is 0.238. The van der Waals surface area contributed by atoms with E-state index in [-0.39, 0.29) is 5.82 Å².